The zero-order chi connectivity index (χ0) is 17.8. The second kappa shape index (κ2) is 8.34. The molecule has 0 unspecified atom stereocenters. The monoisotopic (exact) mass is 382 g/mol. The van der Waals surface area contributed by atoms with Crippen LogP contribution in [0, 0.1) is 0 Å². The van der Waals surface area contributed by atoms with Gasteiger partial charge in [0.25, 0.3) is 0 Å². The van der Waals surface area contributed by atoms with Crippen molar-refractivity contribution in [3.8, 4) is 0 Å². The Morgan fingerprint density at radius 1 is 1.08 bits per heavy atom. The van der Waals surface area contributed by atoms with E-state index in [0.29, 0.717) is 0 Å². The number of para-hydroxylation sites is 1. The van der Waals surface area contributed by atoms with Gasteiger partial charge in [-0.25, -0.2) is 0 Å². The minimum absolute atomic E-state index is 0.862. The summed E-state index contributed by atoms with van der Waals surface area (Å²) in [6.45, 7) is 3.28. The molecule has 0 atom stereocenters. The fourth-order valence-corrected chi connectivity index (χ4v) is 4.75. The molecule has 2 heterocycles. The van der Waals surface area contributed by atoms with E-state index in [-0.39, 0.29) is 0 Å². The van der Waals surface area contributed by atoms with Crippen molar-refractivity contribution in [1.82, 2.24) is 9.88 Å². The van der Waals surface area contributed by atoms with E-state index in [9.17, 15) is 0 Å². The molecule has 1 aromatic heterocycles. The molecule has 1 aliphatic rings. The number of nitrogens with one attached hydrogen (secondary N) is 1. The molecule has 0 saturated heterocycles. The van der Waals surface area contributed by atoms with Crippen molar-refractivity contribution in [2.75, 3.05) is 25.4 Å². The topological polar surface area (TPSA) is 19.0 Å². The number of hydrogen-bond acceptors (Lipinski definition) is 2. The molecule has 1 N–H and O–H groups in total. The molecule has 3 aromatic rings. The van der Waals surface area contributed by atoms with E-state index in [0.717, 1.165) is 42.6 Å². The third kappa shape index (κ3) is 4.01. The highest BCUT2D eigenvalue weighted by Crippen LogP contribution is 2.28. The Bertz CT molecular complexity index is 915. The first-order valence-corrected chi connectivity index (χ1v) is 10.6. The summed E-state index contributed by atoms with van der Waals surface area (Å²) in [5, 5.41) is 2.21. The van der Waals surface area contributed by atoms with Gasteiger partial charge in [0.15, 0.2) is 0 Å². The molecule has 0 amide bonds. The maximum atomic E-state index is 6.33. The van der Waals surface area contributed by atoms with Gasteiger partial charge < -0.3 is 4.98 Å². The highest BCUT2D eigenvalue weighted by Gasteiger charge is 2.14. The number of aromatic amines is 1. The highest BCUT2D eigenvalue weighted by molar-refractivity contribution is 7.98. The van der Waals surface area contributed by atoms with Crippen LogP contribution < -0.4 is 0 Å². The Hall–Kier alpha value is -1.68. The zero-order valence-corrected chi connectivity index (χ0v) is 16.3. The van der Waals surface area contributed by atoms with Crippen LogP contribution in [-0.2, 0) is 5.75 Å². The van der Waals surface area contributed by atoms with Crippen molar-refractivity contribution in [3.63, 3.8) is 0 Å². The molecule has 0 radical (unpaired) electrons. The van der Waals surface area contributed by atoms with E-state index in [1.54, 1.807) is 0 Å². The number of benzene rings is 2. The Labute approximate surface area is 164 Å². The van der Waals surface area contributed by atoms with Crippen LogP contribution in [0.3, 0.4) is 0 Å². The second-order valence-electron chi connectivity index (χ2n) is 6.67. The molecule has 0 aliphatic carbocycles. The van der Waals surface area contributed by atoms with Crippen molar-refractivity contribution in [2.24, 2.45) is 0 Å². The molecule has 26 heavy (non-hydrogen) atoms. The molecule has 4 rings (SSSR count). The van der Waals surface area contributed by atoms with Gasteiger partial charge in [-0.2, -0.15) is 11.8 Å². The van der Waals surface area contributed by atoms with Crippen LogP contribution in [-0.4, -0.2) is 35.3 Å². The van der Waals surface area contributed by atoms with Crippen molar-refractivity contribution in [3.05, 3.63) is 77.0 Å². The van der Waals surface area contributed by atoms with Gasteiger partial charge in [0, 0.05) is 53.3 Å². The first-order valence-electron chi connectivity index (χ1n) is 9.10. The maximum Gasteiger partial charge on any atom is 0.0481 e. The first kappa shape index (κ1) is 17.7. The van der Waals surface area contributed by atoms with Crippen LogP contribution in [0.25, 0.3) is 16.5 Å². The van der Waals surface area contributed by atoms with Crippen LogP contribution in [0.2, 0.25) is 5.02 Å². The van der Waals surface area contributed by atoms with Crippen molar-refractivity contribution in [2.45, 2.75) is 12.2 Å². The van der Waals surface area contributed by atoms with Gasteiger partial charge in [-0.3, -0.25) is 4.90 Å². The second-order valence-corrected chi connectivity index (χ2v) is 8.18. The Morgan fingerprint density at radius 3 is 2.77 bits per heavy atom. The molecule has 2 nitrogen and oxygen atoms in total. The van der Waals surface area contributed by atoms with E-state index >= 15 is 0 Å². The molecular weight excluding hydrogens is 360 g/mol. The third-order valence-corrected chi connectivity index (χ3v) is 6.31. The van der Waals surface area contributed by atoms with Gasteiger partial charge in [-0.1, -0.05) is 54.1 Å². The Morgan fingerprint density at radius 2 is 1.92 bits per heavy atom. The van der Waals surface area contributed by atoms with Crippen molar-refractivity contribution < 1.29 is 0 Å². The maximum absolute atomic E-state index is 6.33. The predicted molar refractivity (Wildman–Crippen MR) is 115 cm³/mol. The summed E-state index contributed by atoms with van der Waals surface area (Å²) in [7, 11) is 0. The van der Waals surface area contributed by atoms with E-state index in [4.69, 9.17) is 11.6 Å². The molecule has 0 fully saturated rings. The molecule has 4 heteroatoms. The predicted octanol–water partition coefficient (Wildman–Crippen LogP) is 5.84. The number of thioether (sulfide) groups is 1. The van der Waals surface area contributed by atoms with Crippen LogP contribution >= 0.6 is 23.4 Å². The molecule has 134 valence electrons. The van der Waals surface area contributed by atoms with Gasteiger partial charge in [0.05, 0.1) is 0 Å². The van der Waals surface area contributed by atoms with E-state index in [1.165, 1.54) is 27.6 Å². The fraction of sp³-hybridized carbons (Fsp3) is 0.273. The minimum Gasteiger partial charge on any atom is -0.361 e. The number of fused-ring (bicyclic) bond motifs is 1. The zero-order valence-electron chi connectivity index (χ0n) is 14.7. The third-order valence-electron chi connectivity index (χ3n) is 5.00. The average molecular weight is 383 g/mol. The lowest BCUT2D eigenvalue weighted by atomic mass is 9.99. The Kier molecular flexibility index (Phi) is 5.68. The van der Waals surface area contributed by atoms with Gasteiger partial charge in [0.1, 0.15) is 0 Å². The van der Waals surface area contributed by atoms with Crippen LogP contribution in [0.15, 0.2) is 60.8 Å². The number of hydrogen-bond donors (Lipinski definition) is 1. The van der Waals surface area contributed by atoms with Gasteiger partial charge in [0.2, 0.25) is 0 Å². The highest BCUT2D eigenvalue weighted by atomic mass is 35.5. The van der Waals surface area contributed by atoms with E-state index < -0.39 is 0 Å². The molecule has 0 bridgehead atoms. The molecule has 0 spiro atoms. The summed E-state index contributed by atoms with van der Waals surface area (Å²) in [6.07, 6.45) is 5.57. The van der Waals surface area contributed by atoms with E-state index in [2.05, 4.69) is 58.6 Å². The smallest absolute Gasteiger partial charge is 0.0481 e. The summed E-state index contributed by atoms with van der Waals surface area (Å²) in [4.78, 5) is 5.89. The number of H-pyrrole nitrogens is 1. The summed E-state index contributed by atoms with van der Waals surface area (Å²) >= 11 is 8.34. The van der Waals surface area contributed by atoms with Gasteiger partial charge >= 0.3 is 0 Å². The summed E-state index contributed by atoms with van der Waals surface area (Å²) in [5.41, 5.74) is 5.22. The summed E-state index contributed by atoms with van der Waals surface area (Å²) in [6, 6.07) is 16.7. The lowest BCUT2D eigenvalue weighted by molar-refractivity contribution is 0.321. The van der Waals surface area contributed by atoms with Crippen LogP contribution in [0.4, 0.5) is 0 Å². The lowest BCUT2D eigenvalue weighted by Crippen LogP contribution is -2.30. The van der Waals surface area contributed by atoms with Crippen LogP contribution in [0.5, 0.6) is 0 Å². The lowest BCUT2D eigenvalue weighted by Gasteiger charge is -2.26. The quantitative estimate of drug-likeness (QED) is 0.539. The van der Waals surface area contributed by atoms with Gasteiger partial charge in [-0.05, 0) is 35.3 Å². The minimum atomic E-state index is 0.862. The Balaban J connectivity index is 1.26. The SMILES string of the molecule is Clc1ccccc1C1=CCN(CCSCc2c[nH]c3ccccc23)CC1. The van der Waals surface area contributed by atoms with Crippen molar-refractivity contribution >= 4 is 39.8 Å². The van der Waals surface area contributed by atoms with Crippen molar-refractivity contribution in [1.29, 1.82) is 0 Å². The standard InChI is InChI=1S/C22H23ClN2S/c23-21-7-3-1-5-19(21)17-9-11-25(12-10-17)13-14-26-16-18-15-24-22-8-4-2-6-20(18)22/h1-9,15,24H,10-14,16H2. The molecule has 0 saturated carbocycles. The fourth-order valence-electron chi connectivity index (χ4n) is 3.51. The number of rotatable bonds is 6. The summed E-state index contributed by atoms with van der Waals surface area (Å²) in [5.74, 6) is 2.23. The van der Waals surface area contributed by atoms with Gasteiger partial charge in [-0.15, -0.1) is 0 Å². The normalized spacial score (nSPS) is 15.3. The number of nitrogens with zero attached hydrogens (tertiary/aromatic N) is 1. The number of halogens is 1. The average Bonchev–Trinajstić information content (AvgIpc) is 3.09. The summed E-state index contributed by atoms with van der Waals surface area (Å²) < 4.78 is 0. The molecule has 2 aromatic carbocycles. The van der Waals surface area contributed by atoms with E-state index in [1.807, 2.05) is 23.9 Å². The molecular formula is C22H23ClN2S. The van der Waals surface area contributed by atoms with Crippen LogP contribution in [0.1, 0.15) is 17.5 Å². The number of aromatic nitrogens is 1. The first-order chi connectivity index (χ1) is 12.8. The largest absolute Gasteiger partial charge is 0.361 e. The molecule has 1 aliphatic heterocycles.